The molecular weight excluding hydrogens is 234 g/mol. The van der Waals surface area contributed by atoms with Gasteiger partial charge in [-0.15, -0.1) is 0 Å². The fraction of sp³-hybridized carbons (Fsp3) is 1.00. The van der Waals surface area contributed by atoms with Gasteiger partial charge in [-0.3, -0.25) is 0 Å². The molecule has 98 valence electrons. The van der Waals surface area contributed by atoms with E-state index in [1.807, 2.05) is 0 Å². The van der Waals surface area contributed by atoms with Gasteiger partial charge in [0, 0.05) is 0 Å². The zero-order chi connectivity index (χ0) is 13.0. The Kier molecular flexibility index (Phi) is 5.62. The summed E-state index contributed by atoms with van der Waals surface area (Å²) in [4.78, 5) is 0. The highest BCUT2D eigenvalue weighted by Crippen LogP contribution is 2.40. The van der Waals surface area contributed by atoms with Crippen LogP contribution in [0.2, 0.25) is 0 Å². The van der Waals surface area contributed by atoms with Gasteiger partial charge in [0.2, 0.25) is 0 Å². The molecule has 0 amide bonds. The van der Waals surface area contributed by atoms with Crippen molar-refractivity contribution in [2.24, 2.45) is 11.8 Å². The van der Waals surface area contributed by atoms with Crippen LogP contribution in [0.3, 0.4) is 0 Å². The molecule has 2 atom stereocenters. The summed E-state index contributed by atoms with van der Waals surface area (Å²) in [6, 6.07) is 0. The summed E-state index contributed by atoms with van der Waals surface area (Å²) in [7, 11) is 0. The molecular formula is C10H16F6. The van der Waals surface area contributed by atoms with Crippen molar-refractivity contribution in [3.05, 3.63) is 0 Å². The van der Waals surface area contributed by atoms with Crippen molar-refractivity contribution in [2.45, 2.75) is 51.9 Å². The summed E-state index contributed by atoms with van der Waals surface area (Å²) in [6.45, 7) is 2.80. The van der Waals surface area contributed by atoms with Crippen molar-refractivity contribution in [1.29, 1.82) is 0 Å². The Hall–Kier alpha value is -0.420. The molecule has 0 saturated carbocycles. The molecule has 16 heavy (non-hydrogen) atoms. The maximum Gasteiger partial charge on any atom is 0.391 e. The highest BCUT2D eigenvalue weighted by atomic mass is 19.4. The van der Waals surface area contributed by atoms with Crippen LogP contribution >= 0.6 is 0 Å². The standard InChI is InChI=1S/C10H16F6/c1-3-5-8(10(14,15)16)6-7(4-2)9(11,12)13/h7-8H,3-6H2,1-2H3. The quantitative estimate of drug-likeness (QED) is 0.606. The summed E-state index contributed by atoms with van der Waals surface area (Å²) in [5.41, 5.74) is 0. The van der Waals surface area contributed by atoms with Crippen LogP contribution in [0.15, 0.2) is 0 Å². The van der Waals surface area contributed by atoms with E-state index in [-0.39, 0.29) is 19.3 Å². The molecule has 0 aromatic heterocycles. The van der Waals surface area contributed by atoms with E-state index in [2.05, 4.69) is 0 Å². The first kappa shape index (κ1) is 15.6. The predicted octanol–water partition coefficient (Wildman–Crippen LogP) is 4.94. The van der Waals surface area contributed by atoms with Crippen LogP contribution in [0.5, 0.6) is 0 Å². The maximum atomic E-state index is 12.4. The van der Waals surface area contributed by atoms with Crippen molar-refractivity contribution < 1.29 is 26.3 Å². The number of rotatable bonds is 5. The van der Waals surface area contributed by atoms with Crippen LogP contribution in [0.4, 0.5) is 26.3 Å². The normalized spacial score (nSPS) is 17.2. The second-order valence-electron chi connectivity index (χ2n) is 3.91. The number of alkyl halides is 6. The van der Waals surface area contributed by atoms with Gasteiger partial charge in [-0.1, -0.05) is 20.3 Å². The van der Waals surface area contributed by atoms with Crippen LogP contribution in [0, 0.1) is 11.8 Å². The monoisotopic (exact) mass is 250 g/mol. The number of hydrogen-bond acceptors (Lipinski definition) is 0. The third-order valence-corrected chi connectivity index (χ3v) is 2.62. The second-order valence-corrected chi connectivity index (χ2v) is 3.91. The SMILES string of the molecule is CCCC(CC(CC)C(F)(F)F)C(F)(F)F. The van der Waals surface area contributed by atoms with Gasteiger partial charge in [-0.25, -0.2) is 0 Å². The smallest absolute Gasteiger partial charge is 0.171 e. The molecule has 0 saturated heterocycles. The molecule has 0 N–H and O–H groups in total. The summed E-state index contributed by atoms with van der Waals surface area (Å²) in [6.07, 6.45) is -10.2. The Morgan fingerprint density at radius 1 is 0.812 bits per heavy atom. The van der Waals surface area contributed by atoms with Gasteiger partial charge in [0.1, 0.15) is 0 Å². The number of hydrogen-bond donors (Lipinski definition) is 0. The first-order valence-electron chi connectivity index (χ1n) is 5.26. The zero-order valence-electron chi connectivity index (χ0n) is 9.25. The van der Waals surface area contributed by atoms with Crippen LogP contribution in [0.25, 0.3) is 0 Å². The van der Waals surface area contributed by atoms with Crippen molar-refractivity contribution in [3.63, 3.8) is 0 Å². The second kappa shape index (κ2) is 5.77. The van der Waals surface area contributed by atoms with E-state index in [1.165, 1.54) is 13.8 Å². The van der Waals surface area contributed by atoms with Crippen molar-refractivity contribution in [3.8, 4) is 0 Å². The topological polar surface area (TPSA) is 0 Å². The largest absolute Gasteiger partial charge is 0.391 e. The molecule has 0 heterocycles. The van der Waals surface area contributed by atoms with Crippen LogP contribution in [-0.4, -0.2) is 12.4 Å². The minimum absolute atomic E-state index is 0.235. The van der Waals surface area contributed by atoms with E-state index >= 15 is 0 Å². The number of halogens is 6. The average molecular weight is 250 g/mol. The zero-order valence-corrected chi connectivity index (χ0v) is 9.25. The van der Waals surface area contributed by atoms with E-state index in [1.54, 1.807) is 0 Å². The van der Waals surface area contributed by atoms with E-state index in [4.69, 9.17) is 0 Å². The third-order valence-electron chi connectivity index (χ3n) is 2.62. The lowest BCUT2D eigenvalue weighted by Gasteiger charge is -2.26. The molecule has 0 radical (unpaired) electrons. The van der Waals surface area contributed by atoms with Crippen molar-refractivity contribution >= 4 is 0 Å². The van der Waals surface area contributed by atoms with Gasteiger partial charge in [-0.05, 0) is 19.3 Å². The molecule has 0 spiro atoms. The third kappa shape index (κ3) is 5.07. The lowest BCUT2D eigenvalue weighted by Crippen LogP contribution is -2.31. The molecule has 0 aliphatic rings. The Morgan fingerprint density at radius 2 is 1.25 bits per heavy atom. The van der Waals surface area contributed by atoms with Gasteiger partial charge >= 0.3 is 12.4 Å². The molecule has 2 unspecified atom stereocenters. The molecule has 6 heteroatoms. The van der Waals surface area contributed by atoms with Gasteiger partial charge in [0.05, 0.1) is 11.8 Å². The maximum absolute atomic E-state index is 12.4. The summed E-state index contributed by atoms with van der Waals surface area (Å²) < 4.78 is 74.3. The first-order valence-corrected chi connectivity index (χ1v) is 5.26. The minimum Gasteiger partial charge on any atom is -0.171 e. The lowest BCUT2D eigenvalue weighted by molar-refractivity contribution is -0.212. The first-order chi connectivity index (χ1) is 7.12. The molecule has 0 nitrogen and oxygen atoms in total. The fourth-order valence-electron chi connectivity index (χ4n) is 1.64. The van der Waals surface area contributed by atoms with Crippen molar-refractivity contribution in [1.82, 2.24) is 0 Å². The highest BCUT2D eigenvalue weighted by Gasteiger charge is 2.46. The fourth-order valence-corrected chi connectivity index (χ4v) is 1.64. The van der Waals surface area contributed by atoms with Gasteiger partial charge < -0.3 is 0 Å². The summed E-state index contributed by atoms with van der Waals surface area (Å²) >= 11 is 0. The molecule has 0 aliphatic heterocycles. The Balaban J connectivity index is 4.60. The van der Waals surface area contributed by atoms with Gasteiger partial charge in [0.15, 0.2) is 0 Å². The van der Waals surface area contributed by atoms with Gasteiger partial charge in [-0.2, -0.15) is 26.3 Å². The van der Waals surface area contributed by atoms with E-state index in [0.717, 1.165) is 0 Å². The molecule has 0 fully saturated rings. The Labute approximate surface area is 91.0 Å². The van der Waals surface area contributed by atoms with E-state index < -0.39 is 30.6 Å². The molecule has 0 aromatic carbocycles. The summed E-state index contributed by atoms with van der Waals surface area (Å²) in [5.74, 6) is -3.70. The highest BCUT2D eigenvalue weighted by molar-refractivity contribution is 4.75. The predicted molar refractivity (Wildman–Crippen MR) is 48.9 cm³/mol. The summed E-state index contributed by atoms with van der Waals surface area (Å²) in [5, 5.41) is 0. The van der Waals surface area contributed by atoms with Crippen molar-refractivity contribution in [2.75, 3.05) is 0 Å². The molecule has 0 aromatic rings. The van der Waals surface area contributed by atoms with Crippen LogP contribution in [0.1, 0.15) is 39.5 Å². The Bertz CT molecular complexity index is 192. The van der Waals surface area contributed by atoms with E-state index in [9.17, 15) is 26.3 Å². The van der Waals surface area contributed by atoms with E-state index in [0.29, 0.717) is 0 Å². The Morgan fingerprint density at radius 3 is 1.50 bits per heavy atom. The average Bonchev–Trinajstić information content (AvgIpc) is 2.07. The van der Waals surface area contributed by atoms with Crippen LogP contribution in [-0.2, 0) is 0 Å². The minimum atomic E-state index is -4.54. The molecule has 0 aliphatic carbocycles. The van der Waals surface area contributed by atoms with Gasteiger partial charge in [0.25, 0.3) is 0 Å². The van der Waals surface area contributed by atoms with Crippen LogP contribution < -0.4 is 0 Å². The lowest BCUT2D eigenvalue weighted by atomic mass is 9.89. The molecule has 0 rings (SSSR count). The molecule has 0 bridgehead atoms.